The third-order valence-corrected chi connectivity index (χ3v) is 3.72. The Morgan fingerprint density at radius 1 is 1.00 bits per heavy atom. The first-order valence-electron chi connectivity index (χ1n) is 7.55. The fraction of sp³-hybridized carbons (Fsp3) is 0.333. The summed E-state index contributed by atoms with van der Waals surface area (Å²) in [4.78, 5) is 9.37. The second-order valence-electron chi connectivity index (χ2n) is 6.35. The van der Waals surface area contributed by atoms with Gasteiger partial charge in [-0.2, -0.15) is 0 Å². The van der Waals surface area contributed by atoms with Crippen molar-refractivity contribution in [2.45, 2.75) is 39.3 Å². The summed E-state index contributed by atoms with van der Waals surface area (Å²) in [6.45, 7) is 7.75. The molecule has 0 unspecified atom stereocenters. The molecule has 0 saturated carbocycles. The van der Waals surface area contributed by atoms with Crippen LogP contribution in [0.15, 0.2) is 42.5 Å². The Balaban J connectivity index is 2.24. The number of aromatic nitrogens is 3. The van der Waals surface area contributed by atoms with Gasteiger partial charge >= 0.3 is 0 Å². The summed E-state index contributed by atoms with van der Waals surface area (Å²) < 4.78 is 2.19. The van der Waals surface area contributed by atoms with E-state index in [-0.39, 0.29) is 6.04 Å². The number of nitrogens with zero attached hydrogens (tertiary/aromatic N) is 3. The molecule has 3 aromatic rings. The van der Waals surface area contributed by atoms with Crippen molar-refractivity contribution in [3.8, 4) is 11.5 Å². The molecule has 0 spiro atoms. The minimum Gasteiger partial charge on any atom is -0.384 e. The average Bonchev–Trinajstić information content (AvgIpc) is 2.86. The molecule has 0 radical (unpaired) electrons. The second kappa shape index (κ2) is 5.21. The van der Waals surface area contributed by atoms with Gasteiger partial charge in [0.1, 0.15) is 11.3 Å². The molecule has 0 atom stereocenters. The largest absolute Gasteiger partial charge is 0.384 e. The Morgan fingerprint density at radius 2 is 1.73 bits per heavy atom. The first-order chi connectivity index (χ1) is 10.4. The van der Waals surface area contributed by atoms with E-state index in [0.29, 0.717) is 5.69 Å². The molecule has 114 valence electrons. The highest BCUT2D eigenvalue weighted by Crippen LogP contribution is 2.28. The van der Waals surface area contributed by atoms with Gasteiger partial charge < -0.3 is 9.67 Å². The molecule has 4 nitrogen and oxygen atoms in total. The molecule has 0 aliphatic carbocycles. The number of benzene rings is 1. The molecule has 4 heteroatoms. The van der Waals surface area contributed by atoms with Crippen LogP contribution >= 0.6 is 0 Å². The van der Waals surface area contributed by atoms with Crippen molar-refractivity contribution >= 4 is 11.0 Å². The maximum atomic E-state index is 10.2. The number of pyridine rings is 1. The number of rotatable bonds is 3. The van der Waals surface area contributed by atoms with Crippen LogP contribution in [0.1, 0.15) is 39.4 Å². The van der Waals surface area contributed by atoms with Crippen LogP contribution in [0.2, 0.25) is 0 Å². The molecule has 3 rings (SSSR count). The summed E-state index contributed by atoms with van der Waals surface area (Å²) in [6.07, 6.45) is 0. The standard InChI is InChI=1S/C18H21N3O/c1-12(2)21-15-10-6-5-8-13(15)20-17(21)14-9-7-11-16(19-14)18(3,4)22/h5-12,22H,1-4H3. The number of imidazole rings is 1. The van der Waals surface area contributed by atoms with E-state index in [9.17, 15) is 5.11 Å². The van der Waals surface area contributed by atoms with Crippen LogP contribution in [0.25, 0.3) is 22.6 Å². The number of hydrogen-bond acceptors (Lipinski definition) is 3. The van der Waals surface area contributed by atoms with Crippen LogP contribution in [0.3, 0.4) is 0 Å². The van der Waals surface area contributed by atoms with Gasteiger partial charge in [0.05, 0.1) is 16.7 Å². The molecule has 0 saturated heterocycles. The van der Waals surface area contributed by atoms with Gasteiger partial charge in [0, 0.05) is 6.04 Å². The van der Waals surface area contributed by atoms with Crippen molar-refractivity contribution in [3.63, 3.8) is 0 Å². The molecular formula is C18H21N3O. The molecule has 0 bridgehead atoms. The number of para-hydroxylation sites is 2. The van der Waals surface area contributed by atoms with Crippen LogP contribution in [-0.2, 0) is 5.60 Å². The van der Waals surface area contributed by atoms with Crippen LogP contribution in [0, 0.1) is 0 Å². The van der Waals surface area contributed by atoms with E-state index in [1.165, 1.54) is 0 Å². The predicted molar refractivity (Wildman–Crippen MR) is 88.6 cm³/mol. The average molecular weight is 295 g/mol. The Morgan fingerprint density at radius 3 is 2.41 bits per heavy atom. The third-order valence-electron chi connectivity index (χ3n) is 3.72. The molecule has 1 aromatic carbocycles. The molecule has 2 heterocycles. The number of hydrogen-bond donors (Lipinski definition) is 1. The van der Waals surface area contributed by atoms with E-state index in [4.69, 9.17) is 4.98 Å². The van der Waals surface area contributed by atoms with Crippen LogP contribution in [0.5, 0.6) is 0 Å². The third kappa shape index (κ3) is 2.50. The van der Waals surface area contributed by atoms with Crippen molar-refractivity contribution in [2.24, 2.45) is 0 Å². The van der Waals surface area contributed by atoms with Crippen molar-refractivity contribution in [3.05, 3.63) is 48.2 Å². The van der Waals surface area contributed by atoms with Gasteiger partial charge in [-0.3, -0.25) is 0 Å². The maximum absolute atomic E-state index is 10.2. The Hall–Kier alpha value is -2.20. The molecule has 22 heavy (non-hydrogen) atoms. The molecule has 0 aliphatic heterocycles. The van der Waals surface area contributed by atoms with E-state index in [1.54, 1.807) is 13.8 Å². The zero-order valence-electron chi connectivity index (χ0n) is 13.4. The molecule has 0 amide bonds. The molecule has 2 aromatic heterocycles. The Kier molecular flexibility index (Phi) is 3.49. The van der Waals surface area contributed by atoms with Gasteiger partial charge in [0.2, 0.25) is 0 Å². The summed E-state index contributed by atoms with van der Waals surface area (Å²) in [6, 6.07) is 14.1. The van der Waals surface area contributed by atoms with Crippen LogP contribution in [-0.4, -0.2) is 19.6 Å². The van der Waals surface area contributed by atoms with Gasteiger partial charge in [-0.25, -0.2) is 9.97 Å². The highest BCUT2D eigenvalue weighted by atomic mass is 16.3. The lowest BCUT2D eigenvalue weighted by atomic mass is 10.0. The van der Waals surface area contributed by atoms with E-state index >= 15 is 0 Å². The van der Waals surface area contributed by atoms with E-state index < -0.39 is 5.60 Å². The molecule has 1 N–H and O–H groups in total. The van der Waals surface area contributed by atoms with Gasteiger partial charge in [-0.05, 0) is 52.0 Å². The minimum atomic E-state index is -0.968. The Bertz CT molecular complexity index is 813. The molecule has 0 aliphatic rings. The molecular weight excluding hydrogens is 274 g/mol. The summed E-state index contributed by atoms with van der Waals surface area (Å²) >= 11 is 0. The van der Waals surface area contributed by atoms with Gasteiger partial charge in [-0.15, -0.1) is 0 Å². The fourth-order valence-electron chi connectivity index (χ4n) is 2.65. The lowest BCUT2D eigenvalue weighted by Crippen LogP contribution is -2.18. The highest BCUT2D eigenvalue weighted by Gasteiger charge is 2.20. The van der Waals surface area contributed by atoms with E-state index in [0.717, 1.165) is 22.6 Å². The van der Waals surface area contributed by atoms with E-state index in [2.05, 4.69) is 29.5 Å². The second-order valence-corrected chi connectivity index (χ2v) is 6.35. The maximum Gasteiger partial charge on any atom is 0.160 e. The van der Waals surface area contributed by atoms with Crippen molar-refractivity contribution in [2.75, 3.05) is 0 Å². The monoisotopic (exact) mass is 295 g/mol. The van der Waals surface area contributed by atoms with Crippen LogP contribution < -0.4 is 0 Å². The smallest absolute Gasteiger partial charge is 0.160 e. The molecule has 0 fully saturated rings. The summed E-state index contributed by atoms with van der Waals surface area (Å²) in [7, 11) is 0. The number of fused-ring (bicyclic) bond motifs is 1. The number of aliphatic hydroxyl groups is 1. The zero-order valence-corrected chi connectivity index (χ0v) is 13.4. The summed E-state index contributed by atoms with van der Waals surface area (Å²) in [5.74, 6) is 0.835. The van der Waals surface area contributed by atoms with Crippen LogP contribution in [0.4, 0.5) is 0 Å². The SMILES string of the molecule is CC(C)n1c(-c2cccc(C(C)(C)O)n2)nc2ccccc21. The summed E-state index contributed by atoms with van der Waals surface area (Å²) in [5.41, 5.74) is 2.52. The lowest BCUT2D eigenvalue weighted by molar-refractivity contribution is 0.0739. The minimum absolute atomic E-state index is 0.273. The van der Waals surface area contributed by atoms with Gasteiger partial charge in [0.25, 0.3) is 0 Å². The van der Waals surface area contributed by atoms with Crippen molar-refractivity contribution in [1.29, 1.82) is 0 Å². The van der Waals surface area contributed by atoms with Crippen molar-refractivity contribution < 1.29 is 5.11 Å². The quantitative estimate of drug-likeness (QED) is 0.797. The first-order valence-corrected chi connectivity index (χ1v) is 7.55. The Labute approximate surface area is 130 Å². The zero-order chi connectivity index (χ0) is 15.9. The normalized spacial score (nSPS) is 12.3. The summed E-state index contributed by atoms with van der Waals surface area (Å²) in [5, 5.41) is 10.2. The first kappa shape index (κ1) is 14.7. The van der Waals surface area contributed by atoms with E-state index in [1.807, 2.05) is 36.4 Å². The fourth-order valence-corrected chi connectivity index (χ4v) is 2.65. The van der Waals surface area contributed by atoms with Crippen molar-refractivity contribution in [1.82, 2.24) is 14.5 Å². The highest BCUT2D eigenvalue weighted by molar-refractivity contribution is 5.80. The van der Waals surface area contributed by atoms with Gasteiger partial charge in [-0.1, -0.05) is 18.2 Å². The predicted octanol–water partition coefficient (Wildman–Crippen LogP) is 3.91. The topological polar surface area (TPSA) is 50.9 Å². The lowest BCUT2D eigenvalue weighted by Gasteiger charge is -2.18. The van der Waals surface area contributed by atoms with Gasteiger partial charge in [0.15, 0.2) is 5.82 Å².